The molecule has 2 N–H and O–H groups in total. The van der Waals surface area contributed by atoms with E-state index in [9.17, 15) is 9.59 Å². The Hall–Kier alpha value is -1.60. The maximum atomic E-state index is 11.8. The fraction of sp³-hybridized carbons (Fsp3) is 0.385. The van der Waals surface area contributed by atoms with Gasteiger partial charge in [0.25, 0.3) is 0 Å². The molecule has 0 fully saturated rings. The molecule has 20 heavy (non-hydrogen) atoms. The first-order valence-corrected chi connectivity index (χ1v) is 6.72. The molecule has 0 saturated carbocycles. The molecule has 1 atom stereocenters. The fourth-order valence-corrected chi connectivity index (χ4v) is 2.01. The van der Waals surface area contributed by atoms with Crippen LogP contribution in [0.3, 0.4) is 0 Å². The molecule has 0 aliphatic carbocycles. The Balaban J connectivity index is 2.49. The van der Waals surface area contributed by atoms with Crippen molar-refractivity contribution in [3.8, 4) is 0 Å². The second kappa shape index (κ2) is 7.86. The third kappa shape index (κ3) is 5.18. The van der Waals surface area contributed by atoms with Crippen molar-refractivity contribution in [3.63, 3.8) is 0 Å². The number of carboxylic acid groups (broad SMARTS) is 1. The molecule has 0 radical (unpaired) electrons. The average Bonchev–Trinajstić information content (AvgIpc) is 2.38. The minimum absolute atomic E-state index is 0.0759. The van der Waals surface area contributed by atoms with Gasteiger partial charge in [0.2, 0.25) is 0 Å². The van der Waals surface area contributed by atoms with Crippen molar-refractivity contribution in [2.45, 2.75) is 12.6 Å². The third-order valence-electron chi connectivity index (χ3n) is 2.65. The molecular weight excluding hydrogens is 328 g/mol. The zero-order chi connectivity index (χ0) is 15.1. The van der Waals surface area contributed by atoms with E-state index in [2.05, 4.69) is 21.2 Å². The van der Waals surface area contributed by atoms with Crippen LogP contribution in [-0.4, -0.2) is 48.8 Å². The molecule has 6 nitrogen and oxygen atoms in total. The molecule has 0 aliphatic rings. The Morgan fingerprint density at radius 2 is 2.20 bits per heavy atom. The van der Waals surface area contributed by atoms with E-state index in [-0.39, 0.29) is 12.6 Å². The first-order chi connectivity index (χ1) is 9.43. The van der Waals surface area contributed by atoms with Gasteiger partial charge in [-0.2, -0.15) is 0 Å². The van der Waals surface area contributed by atoms with E-state index < -0.39 is 12.1 Å². The molecule has 0 bridgehead atoms. The fourth-order valence-electron chi connectivity index (χ4n) is 1.57. The van der Waals surface area contributed by atoms with Gasteiger partial charge in [-0.25, -0.2) is 9.59 Å². The summed E-state index contributed by atoms with van der Waals surface area (Å²) in [7, 11) is 2.93. The zero-order valence-corrected chi connectivity index (χ0v) is 12.9. The highest BCUT2D eigenvalue weighted by molar-refractivity contribution is 9.10. The zero-order valence-electron chi connectivity index (χ0n) is 11.3. The van der Waals surface area contributed by atoms with Gasteiger partial charge in [0.15, 0.2) is 6.10 Å². The van der Waals surface area contributed by atoms with Crippen LogP contribution in [0.15, 0.2) is 28.7 Å². The quantitative estimate of drug-likeness (QED) is 0.822. The van der Waals surface area contributed by atoms with E-state index in [4.69, 9.17) is 9.84 Å². The molecule has 1 aromatic carbocycles. The van der Waals surface area contributed by atoms with Gasteiger partial charge in [-0.3, -0.25) is 0 Å². The lowest BCUT2D eigenvalue weighted by Crippen LogP contribution is -2.43. The van der Waals surface area contributed by atoms with Gasteiger partial charge in [-0.1, -0.05) is 28.1 Å². The number of carbonyl (C=O) groups excluding carboxylic acids is 1. The number of aliphatic carboxylic acids is 1. The maximum absolute atomic E-state index is 11.8. The smallest absolute Gasteiger partial charge is 0.334 e. The molecule has 0 spiro atoms. The lowest BCUT2D eigenvalue weighted by Gasteiger charge is -2.19. The number of rotatable bonds is 6. The molecule has 0 saturated heterocycles. The minimum atomic E-state index is -1.11. The normalized spacial score (nSPS) is 11.8. The second-order valence-corrected chi connectivity index (χ2v) is 5.15. The van der Waals surface area contributed by atoms with E-state index in [1.807, 2.05) is 24.3 Å². The van der Waals surface area contributed by atoms with Crippen LogP contribution in [0, 0.1) is 0 Å². The summed E-state index contributed by atoms with van der Waals surface area (Å²) < 4.78 is 5.68. The van der Waals surface area contributed by atoms with Crippen LogP contribution < -0.4 is 5.32 Å². The van der Waals surface area contributed by atoms with Crippen molar-refractivity contribution < 1.29 is 19.4 Å². The van der Waals surface area contributed by atoms with Crippen molar-refractivity contribution in [1.29, 1.82) is 0 Å². The van der Waals surface area contributed by atoms with Gasteiger partial charge in [0.05, 0.1) is 6.54 Å². The number of nitrogens with one attached hydrogen (secondary N) is 1. The third-order valence-corrected chi connectivity index (χ3v) is 3.15. The summed E-state index contributed by atoms with van der Waals surface area (Å²) in [4.78, 5) is 24.0. The molecule has 110 valence electrons. The molecule has 1 rings (SSSR count). The number of hydrogen-bond acceptors (Lipinski definition) is 3. The molecule has 1 aromatic rings. The van der Waals surface area contributed by atoms with E-state index in [1.54, 1.807) is 7.05 Å². The van der Waals surface area contributed by atoms with Gasteiger partial charge < -0.3 is 20.1 Å². The highest BCUT2D eigenvalue weighted by Crippen LogP contribution is 2.12. The van der Waals surface area contributed by atoms with Crippen LogP contribution in [0.2, 0.25) is 0 Å². The summed E-state index contributed by atoms with van der Waals surface area (Å²) in [5.74, 6) is -1.11. The minimum Gasteiger partial charge on any atom is -0.479 e. The number of carbonyl (C=O) groups is 2. The molecule has 7 heteroatoms. The van der Waals surface area contributed by atoms with Gasteiger partial charge >= 0.3 is 12.0 Å². The number of benzene rings is 1. The maximum Gasteiger partial charge on any atom is 0.334 e. The van der Waals surface area contributed by atoms with Crippen molar-refractivity contribution >= 4 is 27.9 Å². The van der Waals surface area contributed by atoms with E-state index in [0.717, 1.165) is 10.0 Å². The van der Waals surface area contributed by atoms with Crippen molar-refractivity contribution in [2.75, 3.05) is 20.7 Å². The molecular formula is C13H17BrN2O4. The number of nitrogens with zero attached hydrogens (tertiary/aromatic N) is 1. The summed E-state index contributed by atoms with van der Waals surface area (Å²) in [6, 6.07) is 7.26. The van der Waals surface area contributed by atoms with E-state index >= 15 is 0 Å². The molecule has 0 heterocycles. The van der Waals surface area contributed by atoms with Crippen LogP contribution in [0.1, 0.15) is 5.56 Å². The summed E-state index contributed by atoms with van der Waals surface area (Å²) in [5, 5.41) is 11.3. The number of carboxylic acids is 1. The van der Waals surface area contributed by atoms with Gasteiger partial charge in [-0.15, -0.1) is 0 Å². The van der Waals surface area contributed by atoms with E-state index in [0.29, 0.717) is 6.54 Å². The number of methoxy groups -OCH3 is 1. The Kier molecular flexibility index (Phi) is 6.47. The van der Waals surface area contributed by atoms with Crippen LogP contribution in [0.25, 0.3) is 0 Å². The topological polar surface area (TPSA) is 78.9 Å². The molecule has 0 aromatic heterocycles. The number of hydrogen-bond donors (Lipinski definition) is 2. The molecule has 2 amide bonds. The number of amides is 2. The summed E-state index contributed by atoms with van der Waals surface area (Å²) >= 11 is 3.36. The largest absolute Gasteiger partial charge is 0.479 e. The average molecular weight is 345 g/mol. The summed E-state index contributed by atoms with van der Waals surface area (Å²) in [6.45, 7) is 0.351. The standard InChI is InChI=1S/C13H17BrN2O4/c1-16(8-9-4-3-5-10(14)6-9)13(19)15-7-11(20-2)12(17)18/h3-6,11H,7-8H2,1-2H3,(H,15,19)(H,17,18). The number of ether oxygens (including phenoxy) is 1. The molecule has 1 unspecified atom stereocenters. The lowest BCUT2D eigenvalue weighted by molar-refractivity contribution is -0.148. The first-order valence-electron chi connectivity index (χ1n) is 5.93. The van der Waals surface area contributed by atoms with Crippen LogP contribution in [0.5, 0.6) is 0 Å². The predicted molar refractivity (Wildman–Crippen MR) is 77.4 cm³/mol. The van der Waals surface area contributed by atoms with Crippen molar-refractivity contribution in [1.82, 2.24) is 10.2 Å². The number of halogens is 1. The van der Waals surface area contributed by atoms with Crippen LogP contribution >= 0.6 is 15.9 Å². The van der Waals surface area contributed by atoms with Gasteiger partial charge in [-0.05, 0) is 17.7 Å². The van der Waals surface area contributed by atoms with Crippen molar-refractivity contribution in [3.05, 3.63) is 34.3 Å². The highest BCUT2D eigenvalue weighted by Gasteiger charge is 2.18. The number of urea groups is 1. The van der Waals surface area contributed by atoms with E-state index in [1.165, 1.54) is 12.0 Å². The molecule has 0 aliphatic heterocycles. The predicted octanol–water partition coefficient (Wildman–Crippen LogP) is 1.69. The van der Waals surface area contributed by atoms with Crippen LogP contribution in [0.4, 0.5) is 4.79 Å². The summed E-state index contributed by atoms with van der Waals surface area (Å²) in [5.41, 5.74) is 0.971. The summed E-state index contributed by atoms with van der Waals surface area (Å²) in [6.07, 6.45) is -1.04. The van der Waals surface area contributed by atoms with Crippen LogP contribution in [-0.2, 0) is 16.1 Å². The first kappa shape index (κ1) is 16.5. The highest BCUT2D eigenvalue weighted by atomic mass is 79.9. The SMILES string of the molecule is COC(CNC(=O)N(C)Cc1cccc(Br)c1)C(=O)O. The monoisotopic (exact) mass is 344 g/mol. The lowest BCUT2D eigenvalue weighted by atomic mass is 10.2. The Morgan fingerprint density at radius 3 is 2.75 bits per heavy atom. The van der Waals surface area contributed by atoms with Gasteiger partial charge in [0, 0.05) is 25.2 Å². The van der Waals surface area contributed by atoms with Gasteiger partial charge in [0.1, 0.15) is 0 Å². The Labute approximate surface area is 125 Å². The Morgan fingerprint density at radius 1 is 1.50 bits per heavy atom. The Bertz CT molecular complexity index is 481. The second-order valence-electron chi connectivity index (χ2n) is 4.23. The van der Waals surface area contributed by atoms with Crippen molar-refractivity contribution in [2.24, 2.45) is 0 Å².